The third-order valence-corrected chi connectivity index (χ3v) is 5.99. The van der Waals surface area contributed by atoms with Crippen LogP contribution in [0.15, 0.2) is 54.6 Å². The van der Waals surface area contributed by atoms with Crippen LogP contribution >= 0.6 is 0 Å². The van der Waals surface area contributed by atoms with Crippen molar-refractivity contribution in [3.63, 3.8) is 0 Å². The molecule has 1 aliphatic rings. The van der Waals surface area contributed by atoms with Crippen LogP contribution in [0.4, 0.5) is 0 Å². The Bertz CT molecular complexity index is 829. The van der Waals surface area contributed by atoms with E-state index < -0.39 is 6.04 Å². The van der Waals surface area contributed by atoms with Gasteiger partial charge < -0.3 is 15.0 Å². The molecule has 1 saturated carbocycles. The molecule has 1 fully saturated rings. The zero-order chi connectivity index (χ0) is 22.1. The van der Waals surface area contributed by atoms with Crippen LogP contribution in [0.5, 0.6) is 5.75 Å². The summed E-state index contributed by atoms with van der Waals surface area (Å²) < 4.78 is 5.71. The van der Waals surface area contributed by atoms with E-state index in [9.17, 15) is 9.59 Å². The Kier molecular flexibility index (Phi) is 8.51. The van der Waals surface area contributed by atoms with Crippen LogP contribution < -0.4 is 10.1 Å². The first-order valence-electron chi connectivity index (χ1n) is 11.4. The Morgan fingerprint density at radius 2 is 1.71 bits per heavy atom. The van der Waals surface area contributed by atoms with Crippen LogP contribution in [0.2, 0.25) is 0 Å². The van der Waals surface area contributed by atoms with Crippen molar-refractivity contribution >= 4 is 11.8 Å². The molecule has 5 nitrogen and oxygen atoms in total. The Morgan fingerprint density at radius 3 is 2.39 bits per heavy atom. The second-order valence-electron chi connectivity index (χ2n) is 8.44. The molecule has 0 spiro atoms. The van der Waals surface area contributed by atoms with E-state index in [1.165, 1.54) is 6.42 Å². The van der Waals surface area contributed by atoms with Gasteiger partial charge in [0.1, 0.15) is 11.8 Å². The van der Waals surface area contributed by atoms with Crippen molar-refractivity contribution < 1.29 is 14.3 Å². The number of rotatable bonds is 9. The summed E-state index contributed by atoms with van der Waals surface area (Å²) in [5.41, 5.74) is 2.27. The van der Waals surface area contributed by atoms with E-state index in [0.29, 0.717) is 18.7 Å². The Labute approximate surface area is 185 Å². The quantitative estimate of drug-likeness (QED) is 0.656. The molecule has 166 valence electrons. The monoisotopic (exact) mass is 422 g/mol. The van der Waals surface area contributed by atoms with Gasteiger partial charge in [0.05, 0.1) is 0 Å². The fourth-order valence-corrected chi connectivity index (χ4v) is 4.00. The molecule has 1 N–H and O–H groups in total. The highest BCUT2D eigenvalue weighted by Gasteiger charge is 2.28. The van der Waals surface area contributed by atoms with Gasteiger partial charge in [0.2, 0.25) is 5.91 Å². The van der Waals surface area contributed by atoms with Crippen molar-refractivity contribution in [3.05, 3.63) is 65.7 Å². The number of nitrogens with one attached hydrogen (secondary N) is 1. The molecule has 0 saturated heterocycles. The number of aryl methyl sites for hydroxylation is 1. The summed E-state index contributed by atoms with van der Waals surface area (Å²) in [6.07, 6.45) is 6.28. The number of hydrogen-bond acceptors (Lipinski definition) is 3. The Hall–Kier alpha value is -2.82. The number of benzene rings is 2. The van der Waals surface area contributed by atoms with Gasteiger partial charge in [-0.05, 0) is 50.8 Å². The maximum atomic E-state index is 13.1. The van der Waals surface area contributed by atoms with Gasteiger partial charge in [-0.3, -0.25) is 9.59 Å². The highest BCUT2D eigenvalue weighted by molar-refractivity contribution is 5.88. The number of amides is 2. The highest BCUT2D eigenvalue weighted by Crippen LogP contribution is 2.18. The largest absolute Gasteiger partial charge is 0.484 e. The van der Waals surface area contributed by atoms with Gasteiger partial charge in [-0.2, -0.15) is 0 Å². The second kappa shape index (κ2) is 11.5. The SMILES string of the molecule is Cc1ccc(OCC(=O)N(CCc2ccccc2)[C@H](C)C(=O)NC2CCCCC2)cc1. The Balaban J connectivity index is 1.63. The maximum Gasteiger partial charge on any atom is 0.261 e. The fraction of sp³-hybridized carbons (Fsp3) is 0.462. The summed E-state index contributed by atoms with van der Waals surface area (Å²) in [5, 5.41) is 3.16. The molecule has 0 aliphatic heterocycles. The van der Waals surface area contributed by atoms with E-state index in [1.54, 1.807) is 4.90 Å². The van der Waals surface area contributed by atoms with Gasteiger partial charge in [-0.1, -0.05) is 67.3 Å². The van der Waals surface area contributed by atoms with Gasteiger partial charge in [-0.15, -0.1) is 0 Å². The van der Waals surface area contributed by atoms with Gasteiger partial charge in [0, 0.05) is 12.6 Å². The summed E-state index contributed by atoms with van der Waals surface area (Å²) in [6, 6.07) is 17.3. The number of ether oxygens (including phenoxy) is 1. The summed E-state index contributed by atoms with van der Waals surface area (Å²) in [4.78, 5) is 27.7. The van der Waals surface area contributed by atoms with Crippen LogP contribution in [0.1, 0.15) is 50.2 Å². The van der Waals surface area contributed by atoms with Crippen LogP contribution in [-0.4, -0.2) is 41.9 Å². The van der Waals surface area contributed by atoms with Crippen LogP contribution in [-0.2, 0) is 16.0 Å². The first-order valence-corrected chi connectivity index (χ1v) is 11.4. The standard InChI is InChI=1S/C26H34N2O3/c1-20-13-15-24(16-14-20)31-19-25(29)28(18-17-22-9-5-3-6-10-22)21(2)26(30)27-23-11-7-4-8-12-23/h3,5-6,9-10,13-16,21,23H,4,7-8,11-12,17-19H2,1-2H3,(H,27,30)/t21-/m1/s1. The van der Waals surface area contributed by atoms with E-state index >= 15 is 0 Å². The van der Waals surface area contributed by atoms with Crippen molar-refractivity contribution in [2.75, 3.05) is 13.2 Å². The van der Waals surface area contributed by atoms with Gasteiger partial charge in [-0.25, -0.2) is 0 Å². The molecule has 31 heavy (non-hydrogen) atoms. The van der Waals surface area contributed by atoms with Gasteiger partial charge in [0.15, 0.2) is 6.61 Å². The van der Waals surface area contributed by atoms with E-state index in [2.05, 4.69) is 5.32 Å². The van der Waals surface area contributed by atoms with Crippen molar-refractivity contribution in [1.29, 1.82) is 0 Å². The van der Waals surface area contributed by atoms with Crippen LogP contribution in [0.25, 0.3) is 0 Å². The predicted octanol–water partition coefficient (Wildman–Crippen LogP) is 4.28. The van der Waals surface area contributed by atoms with Crippen LogP contribution in [0, 0.1) is 6.92 Å². The number of hydrogen-bond donors (Lipinski definition) is 1. The van der Waals surface area contributed by atoms with Crippen LogP contribution in [0.3, 0.4) is 0 Å². The maximum absolute atomic E-state index is 13.1. The molecule has 2 aromatic rings. The second-order valence-corrected chi connectivity index (χ2v) is 8.44. The van der Waals surface area contributed by atoms with E-state index in [1.807, 2.05) is 68.4 Å². The summed E-state index contributed by atoms with van der Waals surface area (Å²) in [7, 11) is 0. The molecule has 0 heterocycles. The average molecular weight is 423 g/mol. The number of nitrogens with zero attached hydrogens (tertiary/aromatic N) is 1. The molecule has 5 heteroatoms. The lowest BCUT2D eigenvalue weighted by molar-refractivity contribution is -0.141. The third-order valence-electron chi connectivity index (χ3n) is 5.99. The Morgan fingerprint density at radius 1 is 1.03 bits per heavy atom. The zero-order valence-electron chi connectivity index (χ0n) is 18.7. The summed E-state index contributed by atoms with van der Waals surface area (Å²) in [5.74, 6) is 0.396. The van der Waals surface area contributed by atoms with E-state index in [-0.39, 0.29) is 24.5 Å². The van der Waals surface area contributed by atoms with Crippen molar-refractivity contribution in [2.45, 2.75) is 64.5 Å². The third kappa shape index (κ3) is 7.12. The normalized spacial score (nSPS) is 15.2. The summed E-state index contributed by atoms with van der Waals surface area (Å²) in [6.45, 7) is 4.21. The lowest BCUT2D eigenvalue weighted by Crippen LogP contribution is -2.52. The number of carbonyl (C=O) groups excluding carboxylic acids is 2. The topological polar surface area (TPSA) is 58.6 Å². The van der Waals surface area contributed by atoms with Gasteiger partial charge in [0.25, 0.3) is 5.91 Å². The molecule has 0 bridgehead atoms. The molecule has 2 aromatic carbocycles. The van der Waals surface area contributed by atoms with E-state index in [4.69, 9.17) is 4.74 Å². The molecule has 2 amide bonds. The lowest BCUT2D eigenvalue weighted by Gasteiger charge is -2.31. The molecule has 1 aliphatic carbocycles. The summed E-state index contributed by atoms with van der Waals surface area (Å²) >= 11 is 0. The average Bonchev–Trinajstić information content (AvgIpc) is 2.80. The highest BCUT2D eigenvalue weighted by atomic mass is 16.5. The predicted molar refractivity (Wildman–Crippen MR) is 123 cm³/mol. The van der Waals surface area contributed by atoms with Gasteiger partial charge >= 0.3 is 0 Å². The van der Waals surface area contributed by atoms with Crippen molar-refractivity contribution in [3.8, 4) is 5.75 Å². The smallest absolute Gasteiger partial charge is 0.261 e. The minimum atomic E-state index is -0.542. The van der Waals surface area contributed by atoms with Crippen molar-refractivity contribution in [2.24, 2.45) is 0 Å². The minimum absolute atomic E-state index is 0.0800. The molecule has 0 radical (unpaired) electrons. The molecule has 0 unspecified atom stereocenters. The number of carbonyl (C=O) groups is 2. The molecular weight excluding hydrogens is 388 g/mol. The lowest BCUT2D eigenvalue weighted by atomic mass is 9.95. The minimum Gasteiger partial charge on any atom is -0.484 e. The molecule has 3 rings (SSSR count). The molecule has 1 atom stereocenters. The first kappa shape index (κ1) is 22.9. The van der Waals surface area contributed by atoms with Crippen molar-refractivity contribution in [1.82, 2.24) is 10.2 Å². The van der Waals surface area contributed by atoms with E-state index in [0.717, 1.165) is 36.8 Å². The molecular formula is C26H34N2O3. The zero-order valence-corrected chi connectivity index (χ0v) is 18.7. The fourth-order valence-electron chi connectivity index (χ4n) is 4.00. The first-order chi connectivity index (χ1) is 15.0. The molecule has 0 aromatic heterocycles.